The van der Waals surface area contributed by atoms with Gasteiger partial charge in [-0.1, -0.05) is 16.9 Å². The van der Waals surface area contributed by atoms with Crippen molar-refractivity contribution in [2.24, 2.45) is 12.2 Å². The highest BCUT2D eigenvalue weighted by Crippen LogP contribution is 2.41. The lowest BCUT2D eigenvalue weighted by molar-refractivity contribution is -0.178. The normalized spacial score (nSPS) is 22.0. The molecular weight excluding hydrogens is 574 g/mol. The molecule has 0 bridgehead atoms. The number of thiazole rings is 1. The van der Waals surface area contributed by atoms with E-state index in [1.54, 1.807) is 7.05 Å². The van der Waals surface area contributed by atoms with E-state index in [4.69, 9.17) is 10.6 Å². The molecule has 16 nitrogen and oxygen atoms in total. The number of β-lactam (4-membered cyclic amide) rings is 1. The van der Waals surface area contributed by atoms with Crippen LogP contribution in [0, 0.1) is 0 Å². The predicted octanol–water partition coefficient (Wildman–Crippen LogP) is -0.492. The second-order valence-corrected chi connectivity index (χ2v) is 11.7. The topological polar surface area (TPSA) is 228 Å². The number of thioether (sulfide) groups is 2. The van der Waals surface area contributed by atoms with Gasteiger partial charge in [-0.25, -0.2) is 19.3 Å². The van der Waals surface area contributed by atoms with E-state index in [9.17, 15) is 29.4 Å². The van der Waals surface area contributed by atoms with Crippen LogP contribution in [-0.2, 0) is 31.1 Å². The van der Waals surface area contributed by atoms with E-state index >= 15 is 0 Å². The van der Waals surface area contributed by atoms with Crippen LogP contribution in [0.4, 0.5) is 5.13 Å². The number of nitrogens with two attached hydrogens (primary N) is 1. The Bertz CT molecular complexity index is 1420. The smallest absolute Gasteiger partial charge is 0.352 e. The van der Waals surface area contributed by atoms with Crippen molar-refractivity contribution in [2.75, 3.05) is 17.2 Å². The van der Waals surface area contributed by atoms with Gasteiger partial charge in [0.1, 0.15) is 22.8 Å². The van der Waals surface area contributed by atoms with Crippen LogP contribution < -0.4 is 11.1 Å². The quantitative estimate of drug-likeness (QED) is 0.118. The molecule has 2 atom stereocenters. The summed E-state index contributed by atoms with van der Waals surface area (Å²) in [4.78, 5) is 60.6. The Morgan fingerprint density at radius 1 is 1.36 bits per heavy atom. The number of aryl methyl sites for hydroxylation is 1. The lowest BCUT2D eigenvalue weighted by Crippen LogP contribution is -2.71. The van der Waals surface area contributed by atoms with E-state index in [1.165, 1.54) is 33.6 Å². The second kappa shape index (κ2) is 10.5. The maximum absolute atomic E-state index is 13.2. The number of tetrazole rings is 1. The average molecular weight is 596 g/mol. The van der Waals surface area contributed by atoms with Gasteiger partial charge in [-0.3, -0.25) is 14.5 Å². The van der Waals surface area contributed by atoms with Gasteiger partial charge < -0.3 is 26.1 Å². The number of aliphatic carboxylic acids is 2. The number of carboxylic acid groups (broad SMARTS) is 2. The highest BCUT2D eigenvalue weighted by Gasteiger charge is 2.54. The number of carbonyl (C=O) groups excluding carboxylic acids is 2. The average Bonchev–Trinajstić information content (AvgIpc) is 3.49. The molecule has 4 heterocycles. The number of amides is 2. The highest BCUT2D eigenvalue weighted by atomic mass is 32.2. The van der Waals surface area contributed by atoms with Crippen LogP contribution in [0.3, 0.4) is 0 Å². The van der Waals surface area contributed by atoms with Crippen LogP contribution in [0.1, 0.15) is 25.0 Å². The summed E-state index contributed by atoms with van der Waals surface area (Å²) in [5.74, 6) is -3.36. The molecule has 206 valence electrons. The molecule has 0 spiro atoms. The first kappa shape index (κ1) is 26.9. The third-order valence-electron chi connectivity index (χ3n) is 6.34. The van der Waals surface area contributed by atoms with Crippen molar-refractivity contribution < 1.29 is 34.2 Å². The summed E-state index contributed by atoms with van der Waals surface area (Å²) in [5, 5.41) is 38.4. The lowest BCUT2D eigenvalue weighted by Gasteiger charge is -2.49. The maximum atomic E-state index is 13.2. The summed E-state index contributed by atoms with van der Waals surface area (Å²) in [5.41, 5.74) is 4.25. The minimum Gasteiger partial charge on any atom is -0.478 e. The van der Waals surface area contributed by atoms with Crippen LogP contribution in [0.2, 0.25) is 0 Å². The van der Waals surface area contributed by atoms with E-state index in [2.05, 4.69) is 31.0 Å². The number of anilines is 1. The first-order chi connectivity index (χ1) is 18.6. The number of fused-ring (bicyclic) bond motifs is 1. The Kier molecular flexibility index (Phi) is 7.21. The first-order valence-electron chi connectivity index (χ1n) is 11.4. The summed E-state index contributed by atoms with van der Waals surface area (Å²) in [6.45, 7) is 0. The predicted molar refractivity (Wildman–Crippen MR) is 138 cm³/mol. The molecule has 5 rings (SSSR count). The van der Waals surface area contributed by atoms with Crippen molar-refractivity contribution in [3.63, 3.8) is 0 Å². The summed E-state index contributed by atoms with van der Waals surface area (Å²) in [6.07, 6.45) is 1.09. The first-order valence-corrected chi connectivity index (χ1v) is 14.3. The van der Waals surface area contributed by atoms with Gasteiger partial charge in [0, 0.05) is 36.8 Å². The van der Waals surface area contributed by atoms with Crippen LogP contribution in [0.25, 0.3) is 0 Å². The highest BCUT2D eigenvalue weighted by molar-refractivity contribution is 8.01. The molecule has 0 radical (unpaired) electrons. The number of rotatable bonds is 10. The Balaban J connectivity index is 1.33. The van der Waals surface area contributed by atoms with Crippen LogP contribution >= 0.6 is 34.9 Å². The molecule has 2 aromatic rings. The summed E-state index contributed by atoms with van der Waals surface area (Å²) >= 11 is 3.58. The maximum Gasteiger partial charge on any atom is 0.352 e. The number of hydrogen-bond donors (Lipinski definition) is 4. The molecular formula is C20H21N9O7S3. The van der Waals surface area contributed by atoms with Gasteiger partial charge in [-0.2, -0.15) is 0 Å². The molecule has 2 aliphatic heterocycles. The van der Waals surface area contributed by atoms with E-state index in [0.717, 1.165) is 16.2 Å². The number of nitrogens with zero attached hydrogens (tertiary/aromatic N) is 7. The Morgan fingerprint density at radius 3 is 2.69 bits per heavy atom. The number of carboxylic acids is 2. The SMILES string of the molecule is Cn1nnnc1SCC1=C(C(=O)O)N2C(=O)[C@@H](NC(=O)/C(=N\OC3(C(=O)O)CCC3)c3csc(N)n3)[C@H]2SC1. The summed E-state index contributed by atoms with van der Waals surface area (Å²) < 4.78 is 1.45. The van der Waals surface area contributed by atoms with E-state index in [0.29, 0.717) is 22.9 Å². The molecule has 0 unspecified atom stereocenters. The van der Waals surface area contributed by atoms with Gasteiger partial charge in [-0.05, 0) is 22.4 Å². The van der Waals surface area contributed by atoms with Crippen molar-refractivity contribution in [1.82, 2.24) is 35.4 Å². The van der Waals surface area contributed by atoms with Crippen molar-refractivity contribution >= 4 is 69.5 Å². The molecule has 19 heteroatoms. The Hall–Kier alpha value is -3.71. The number of carbonyl (C=O) groups is 4. The molecule has 1 saturated heterocycles. The molecule has 0 aromatic carbocycles. The zero-order chi connectivity index (χ0) is 27.9. The minimum absolute atomic E-state index is 0.0542. The number of aromatic nitrogens is 5. The fourth-order valence-corrected chi connectivity index (χ4v) is 6.96. The van der Waals surface area contributed by atoms with Crippen molar-refractivity contribution in [2.45, 2.75) is 41.4 Å². The van der Waals surface area contributed by atoms with Crippen molar-refractivity contribution in [3.05, 3.63) is 22.3 Å². The van der Waals surface area contributed by atoms with Gasteiger partial charge >= 0.3 is 11.9 Å². The molecule has 1 aliphatic carbocycles. The molecule has 2 amide bonds. The standard InChI is InChI=1S/C20H21N9O7S3/c1-28-19(24-26-27-28)39-6-8-5-37-15-11(14(31)29(15)12(8)16(32)33)23-13(30)10(9-7-38-18(21)22-9)25-36-20(17(34)35)3-2-4-20/h7,11,15H,2-6H2,1H3,(H2,21,22)(H,23,30)(H,32,33)(H,34,35)/b25-10-/t11-,15-/m1/s1. The van der Waals surface area contributed by atoms with Crippen LogP contribution in [0.5, 0.6) is 0 Å². The van der Waals surface area contributed by atoms with E-state index < -0.39 is 40.8 Å². The van der Waals surface area contributed by atoms with Crippen LogP contribution in [-0.4, -0.2) is 98.3 Å². The number of nitrogen functional groups attached to an aromatic ring is 1. The number of hydrogen-bond acceptors (Lipinski definition) is 14. The minimum atomic E-state index is -1.54. The van der Waals surface area contributed by atoms with E-state index in [1.807, 2.05) is 0 Å². The van der Waals surface area contributed by atoms with Gasteiger partial charge in [0.15, 0.2) is 10.8 Å². The summed E-state index contributed by atoms with van der Waals surface area (Å²) in [6, 6.07) is -1.05. The monoisotopic (exact) mass is 595 g/mol. The molecule has 39 heavy (non-hydrogen) atoms. The molecule has 3 aliphatic rings. The fourth-order valence-electron chi connectivity index (χ4n) is 4.08. The fraction of sp³-hybridized carbons (Fsp3) is 0.450. The third kappa shape index (κ3) is 4.91. The van der Waals surface area contributed by atoms with Crippen molar-refractivity contribution in [3.8, 4) is 0 Å². The molecule has 2 aromatic heterocycles. The van der Waals surface area contributed by atoms with E-state index in [-0.39, 0.29) is 40.8 Å². The molecule has 2 fully saturated rings. The van der Waals surface area contributed by atoms with Gasteiger partial charge in [-0.15, -0.1) is 28.2 Å². The summed E-state index contributed by atoms with van der Waals surface area (Å²) in [7, 11) is 1.66. The molecule has 1 saturated carbocycles. The van der Waals surface area contributed by atoms with Crippen LogP contribution in [0.15, 0.2) is 27.0 Å². The third-order valence-corrected chi connectivity index (χ3v) is 9.45. The van der Waals surface area contributed by atoms with Gasteiger partial charge in [0.25, 0.3) is 11.8 Å². The zero-order valence-electron chi connectivity index (χ0n) is 20.1. The Labute approximate surface area is 232 Å². The number of oxime groups is 1. The Morgan fingerprint density at radius 2 is 2.13 bits per heavy atom. The second-order valence-electron chi connectivity index (χ2n) is 8.75. The van der Waals surface area contributed by atoms with Gasteiger partial charge in [0.05, 0.1) is 0 Å². The number of nitrogens with one attached hydrogen (secondary N) is 1. The lowest BCUT2D eigenvalue weighted by atomic mass is 9.80. The van der Waals surface area contributed by atoms with Crippen molar-refractivity contribution in [1.29, 1.82) is 0 Å². The molecule has 5 N–H and O–H groups in total. The largest absolute Gasteiger partial charge is 0.478 e. The zero-order valence-corrected chi connectivity index (χ0v) is 22.6. The van der Waals surface area contributed by atoms with Gasteiger partial charge in [0.2, 0.25) is 10.8 Å².